The maximum Gasteiger partial charge on any atom is 0.241 e. The zero-order valence-corrected chi connectivity index (χ0v) is 11.0. The summed E-state index contributed by atoms with van der Waals surface area (Å²) in [5.41, 5.74) is 3.41. The third kappa shape index (κ3) is 2.50. The third-order valence-corrected chi connectivity index (χ3v) is 3.22. The van der Waals surface area contributed by atoms with Crippen molar-refractivity contribution < 1.29 is 4.79 Å². The van der Waals surface area contributed by atoms with E-state index in [1.54, 1.807) is 0 Å². The van der Waals surface area contributed by atoms with Gasteiger partial charge in [0.25, 0.3) is 0 Å². The largest absolute Gasteiger partial charge is 0.309 e. The van der Waals surface area contributed by atoms with Gasteiger partial charge in [0, 0.05) is 17.8 Å². The fourth-order valence-corrected chi connectivity index (χ4v) is 2.28. The zero-order chi connectivity index (χ0) is 12.6. The fraction of sp³-hybridized carbons (Fsp3) is 0.500. The number of amides is 1. The number of hydrogen-bond donors (Lipinski definition) is 1. The molecule has 0 saturated carbocycles. The van der Waals surface area contributed by atoms with Gasteiger partial charge >= 0.3 is 0 Å². The van der Waals surface area contributed by atoms with Gasteiger partial charge in [0.05, 0.1) is 6.54 Å². The molecule has 1 amide bonds. The summed E-state index contributed by atoms with van der Waals surface area (Å²) in [7, 11) is 0. The number of rotatable bonds is 1. The minimum absolute atomic E-state index is 0.0226. The molecule has 1 N–H and O–H groups in total. The second kappa shape index (κ2) is 4.15. The van der Waals surface area contributed by atoms with E-state index in [0.29, 0.717) is 6.54 Å². The normalized spacial score (nSPS) is 19.5. The first kappa shape index (κ1) is 12.1. The molecule has 1 aromatic carbocycles. The van der Waals surface area contributed by atoms with Crippen LogP contribution in [0, 0.1) is 13.8 Å². The first-order valence-electron chi connectivity index (χ1n) is 6.02. The molecule has 0 unspecified atom stereocenters. The van der Waals surface area contributed by atoms with E-state index in [9.17, 15) is 4.79 Å². The van der Waals surface area contributed by atoms with Gasteiger partial charge in [-0.05, 0) is 39.3 Å². The summed E-state index contributed by atoms with van der Waals surface area (Å²) in [5.74, 6) is 0.149. The highest BCUT2D eigenvalue weighted by Gasteiger charge is 2.31. The molecule has 17 heavy (non-hydrogen) atoms. The number of nitrogens with one attached hydrogen (secondary N) is 1. The predicted molar refractivity (Wildman–Crippen MR) is 70.4 cm³/mol. The average molecular weight is 232 g/mol. The molecule has 1 aliphatic rings. The molecule has 1 aromatic rings. The molecule has 0 atom stereocenters. The third-order valence-electron chi connectivity index (χ3n) is 3.22. The fourth-order valence-electron chi connectivity index (χ4n) is 2.28. The van der Waals surface area contributed by atoms with E-state index < -0.39 is 0 Å². The van der Waals surface area contributed by atoms with Gasteiger partial charge in [-0.25, -0.2) is 0 Å². The van der Waals surface area contributed by atoms with Gasteiger partial charge in [0.2, 0.25) is 5.91 Å². The Morgan fingerprint density at radius 2 is 2.00 bits per heavy atom. The van der Waals surface area contributed by atoms with Crippen molar-refractivity contribution in [2.75, 3.05) is 18.0 Å². The van der Waals surface area contributed by atoms with Crippen LogP contribution >= 0.6 is 0 Å². The Hall–Kier alpha value is -1.35. The molecule has 3 heteroatoms. The lowest BCUT2D eigenvalue weighted by Crippen LogP contribution is -2.60. The minimum Gasteiger partial charge on any atom is -0.309 e. The molecule has 0 radical (unpaired) electrons. The van der Waals surface area contributed by atoms with Crippen LogP contribution in [0.2, 0.25) is 0 Å². The number of nitrogens with zero attached hydrogens (tertiary/aromatic N) is 1. The highest BCUT2D eigenvalue weighted by Crippen LogP contribution is 2.24. The van der Waals surface area contributed by atoms with Gasteiger partial charge in [-0.15, -0.1) is 0 Å². The highest BCUT2D eigenvalue weighted by atomic mass is 16.2. The Balaban J connectivity index is 2.34. The van der Waals surface area contributed by atoms with Crippen LogP contribution in [-0.2, 0) is 4.79 Å². The second-order valence-electron chi connectivity index (χ2n) is 5.51. The number of piperazine rings is 1. The van der Waals surface area contributed by atoms with E-state index in [-0.39, 0.29) is 11.4 Å². The molecule has 0 bridgehead atoms. The summed E-state index contributed by atoms with van der Waals surface area (Å²) in [4.78, 5) is 13.9. The molecule has 1 heterocycles. The lowest BCUT2D eigenvalue weighted by atomic mass is 10.00. The van der Waals surface area contributed by atoms with Gasteiger partial charge < -0.3 is 10.2 Å². The van der Waals surface area contributed by atoms with E-state index in [2.05, 4.69) is 45.1 Å². The van der Waals surface area contributed by atoms with Gasteiger partial charge in [-0.1, -0.05) is 17.7 Å². The number of carbonyl (C=O) groups excluding carboxylic acids is 1. The molecule has 0 aromatic heterocycles. The predicted octanol–water partition coefficient (Wildman–Crippen LogP) is 2.02. The van der Waals surface area contributed by atoms with Crippen LogP contribution in [0.3, 0.4) is 0 Å². The first-order valence-corrected chi connectivity index (χ1v) is 6.02. The van der Waals surface area contributed by atoms with Gasteiger partial charge in [-0.3, -0.25) is 4.79 Å². The lowest BCUT2D eigenvalue weighted by Gasteiger charge is -2.39. The topological polar surface area (TPSA) is 32.3 Å². The monoisotopic (exact) mass is 232 g/mol. The van der Waals surface area contributed by atoms with E-state index in [1.807, 2.05) is 11.0 Å². The van der Waals surface area contributed by atoms with Gasteiger partial charge in [0.1, 0.15) is 0 Å². The summed E-state index contributed by atoms with van der Waals surface area (Å²) in [5, 5.41) is 3.25. The Kier molecular flexibility index (Phi) is 2.96. The summed E-state index contributed by atoms with van der Waals surface area (Å²) >= 11 is 0. The zero-order valence-electron chi connectivity index (χ0n) is 11.0. The molecule has 1 saturated heterocycles. The minimum atomic E-state index is -0.0226. The Morgan fingerprint density at radius 3 is 2.65 bits per heavy atom. The quantitative estimate of drug-likeness (QED) is 0.803. The van der Waals surface area contributed by atoms with E-state index >= 15 is 0 Å². The average Bonchev–Trinajstić information content (AvgIpc) is 2.22. The van der Waals surface area contributed by atoms with Crippen molar-refractivity contribution in [2.24, 2.45) is 0 Å². The molecule has 1 fully saturated rings. The summed E-state index contributed by atoms with van der Waals surface area (Å²) in [6.07, 6.45) is 0. The lowest BCUT2D eigenvalue weighted by molar-refractivity contribution is -0.119. The first-order chi connectivity index (χ1) is 7.89. The van der Waals surface area contributed by atoms with Gasteiger partial charge in [0.15, 0.2) is 0 Å². The molecule has 0 aliphatic carbocycles. The number of anilines is 1. The number of aryl methyl sites for hydroxylation is 2. The van der Waals surface area contributed by atoms with E-state index in [1.165, 1.54) is 5.56 Å². The molecule has 0 spiro atoms. The Bertz CT molecular complexity index is 452. The van der Waals surface area contributed by atoms with Crippen LogP contribution in [0.1, 0.15) is 25.0 Å². The van der Waals surface area contributed by atoms with Crippen LogP contribution in [0.4, 0.5) is 5.69 Å². The van der Waals surface area contributed by atoms with Crippen molar-refractivity contribution in [3.05, 3.63) is 29.3 Å². The molecule has 1 aliphatic heterocycles. The molecular weight excluding hydrogens is 212 g/mol. The maximum atomic E-state index is 12.0. The molecule has 2 rings (SSSR count). The van der Waals surface area contributed by atoms with Crippen LogP contribution < -0.4 is 10.2 Å². The molecular formula is C14H20N2O. The Morgan fingerprint density at radius 1 is 1.29 bits per heavy atom. The van der Waals surface area contributed by atoms with Crippen LogP contribution in [0.25, 0.3) is 0 Å². The van der Waals surface area contributed by atoms with Crippen molar-refractivity contribution in [1.82, 2.24) is 5.32 Å². The number of benzene rings is 1. The number of carbonyl (C=O) groups is 1. The highest BCUT2D eigenvalue weighted by molar-refractivity contribution is 5.96. The van der Waals surface area contributed by atoms with Crippen molar-refractivity contribution in [3.63, 3.8) is 0 Å². The molecule has 92 valence electrons. The SMILES string of the molecule is Cc1ccc(N2CC(C)(C)NCC2=O)c(C)c1. The van der Waals surface area contributed by atoms with Crippen LogP contribution in [-0.4, -0.2) is 24.5 Å². The second-order valence-corrected chi connectivity index (χ2v) is 5.51. The maximum absolute atomic E-state index is 12.0. The van der Waals surface area contributed by atoms with Crippen molar-refractivity contribution in [3.8, 4) is 0 Å². The number of hydrogen-bond acceptors (Lipinski definition) is 2. The van der Waals surface area contributed by atoms with Gasteiger partial charge in [-0.2, -0.15) is 0 Å². The summed E-state index contributed by atoms with van der Waals surface area (Å²) in [6.45, 7) is 9.51. The Labute approximate surface area is 103 Å². The van der Waals surface area contributed by atoms with Crippen LogP contribution in [0.5, 0.6) is 0 Å². The van der Waals surface area contributed by atoms with E-state index in [0.717, 1.165) is 17.8 Å². The molecule has 3 nitrogen and oxygen atoms in total. The summed E-state index contributed by atoms with van der Waals surface area (Å²) in [6, 6.07) is 6.23. The smallest absolute Gasteiger partial charge is 0.241 e. The van der Waals surface area contributed by atoms with Crippen molar-refractivity contribution >= 4 is 11.6 Å². The standard InChI is InChI=1S/C14H20N2O/c1-10-5-6-12(11(2)7-10)16-9-14(3,4)15-8-13(16)17/h5-7,15H,8-9H2,1-4H3. The van der Waals surface area contributed by atoms with Crippen molar-refractivity contribution in [1.29, 1.82) is 0 Å². The van der Waals surface area contributed by atoms with Crippen LogP contribution in [0.15, 0.2) is 18.2 Å². The van der Waals surface area contributed by atoms with Crippen molar-refractivity contribution in [2.45, 2.75) is 33.2 Å². The van der Waals surface area contributed by atoms with E-state index in [4.69, 9.17) is 0 Å². The summed E-state index contributed by atoms with van der Waals surface area (Å²) < 4.78 is 0.